The average molecular weight is 248 g/mol. The van der Waals surface area contributed by atoms with E-state index >= 15 is 0 Å². The van der Waals surface area contributed by atoms with Gasteiger partial charge in [-0.05, 0) is 83.5 Å². The van der Waals surface area contributed by atoms with E-state index in [4.69, 9.17) is 0 Å². The fourth-order valence-corrected chi connectivity index (χ4v) is 2.69. The molecule has 0 aliphatic carbocycles. The molecule has 1 aromatic rings. The van der Waals surface area contributed by atoms with Gasteiger partial charge in [0.1, 0.15) is 0 Å². The lowest BCUT2D eigenvalue weighted by atomic mass is 9.81. The number of likely N-dealkylation sites (N-methyl/N-ethyl adjacent to an activating group) is 2. The van der Waals surface area contributed by atoms with Gasteiger partial charge in [0.25, 0.3) is 0 Å². The third-order valence-corrected chi connectivity index (χ3v) is 4.37. The van der Waals surface area contributed by atoms with Crippen molar-refractivity contribution in [2.24, 2.45) is 0 Å². The number of rotatable bonds is 4. The average Bonchev–Trinajstić information content (AvgIpc) is 2.31. The Labute approximate surface area is 112 Å². The van der Waals surface area contributed by atoms with E-state index in [1.807, 2.05) is 14.1 Å². The van der Waals surface area contributed by atoms with Crippen molar-refractivity contribution in [3.05, 3.63) is 33.9 Å². The van der Waals surface area contributed by atoms with Gasteiger partial charge in [0.15, 0.2) is 0 Å². The van der Waals surface area contributed by atoms with E-state index < -0.39 is 0 Å². The Balaban J connectivity index is 3.47. The summed E-state index contributed by atoms with van der Waals surface area (Å²) in [4.78, 5) is 0. The van der Waals surface area contributed by atoms with Crippen molar-refractivity contribution in [2.45, 2.75) is 53.1 Å². The monoisotopic (exact) mass is 248 g/mol. The van der Waals surface area contributed by atoms with Crippen LogP contribution in [-0.4, -0.2) is 19.6 Å². The zero-order chi connectivity index (χ0) is 14.1. The highest BCUT2D eigenvalue weighted by Gasteiger charge is 2.30. The fraction of sp³-hybridized carbons (Fsp3) is 0.625. The van der Waals surface area contributed by atoms with Crippen LogP contribution in [-0.2, 0) is 0 Å². The summed E-state index contributed by atoms with van der Waals surface area (Å²) in [6.45, 7) is 13.3. The topological polar surface area (TPSA) is 24.1 Å². The van der Waals surface area contributed by atoms with Crippen molar-refractivity contribution >= 4 is 0 Å². The predicted octanol–water partition coefficient (Wildman–Crippen LogP) is 3.18. The highest BCUT2D eigenvalue weighted by Crippen LogP contribution is 2.33. The van der Waals surface area contributed by atoms with Crippen LogP contribution in [0.15, 0.2) is 6.07 Å². The molecular formula is C16H28N2. The maximum absolute atomic E-state index is 3.48. The van der Waals surface area contributed by atoms with Gasteiger partial charge in [0.05, 0.1) is 6.04 Å². The summed E-state index contributed by atoms with van der Waals surface area (Å²) in [6.07, 6.45) is 0. The van der Waals surface area contributed by atoms with Gasteiger partial charge in [-0.25, -0.2) is 0 Å². The number of benzene rings is 1. The molecule has 0 heterocycles. The Hall–Kier alpha value is -0.860. The van der Waals surface area contributed by atoms with E-state index in [1.54, 1.807) is 0 Å². The summed E-state index contributed by atoms with van der Waals surface area (Å²) in [5.41, 5.74) is 7.02. The number of hydrogen-bond donors (Lipinski definition) is 2. The number of aryl methyl sites for hydroxylation is 2. The molecule has 0 aromatic heterocycles. The Morgan fingerprint density at radius 1 is 0.944 bits per heavy atom. The first-order valence-corrected chi connectivity index (χ1v) is 6.69. The van der Waals surface area contributed by atoms with E-state index in [1.165, 1.54) is 27.8 Å². The summed E-state index contributed by atoms with van der Waals surface area (Å²) < 4.78 is 0. The lowest BCUT2D eigenvalue weighted by Crippen LogP contribution is -2.48. The van der Waals surface area contributed by atoms with Crippen molar-refractivity contribution in [1.82, 2.24) is 10.6 Å². The Bertz CT molecular complexity index is 407. The molecule has 102 valence electrons. The molecule has 0 aliphatic rings. The van der Waals surface area contributed by atoms with E-state index in [9.17, 15) is 0 Å². The molecule has 0 aliphatic heterocycles. The number of nitrogens with one attached hydrogen (secondary N) is 2. The van der Waals surface area contributed by atoms with Crippen LogP contribution in [0.2, 0.25) is 0 Å². The van der Waals surface area contributed by atoms with Gasteiger partial charge in [-0.15, -0.1) is 0 Å². The smallest absolute Gasteiger partial charge is 0.0502 e. The molecule has 0 spiro atoms. The Morgan fingerprint density at radius 3 is 1.72 bits per heavy atom. The third-order valence-electron chi connectivity index (χ3n) is 4.37. The van der Waals surface area contributed by atoms with Gasteiger partial charge in [-0.2, -0.15) is 0 Å². The molecule has 1 unspecified atom stereocenters. The lowest BCUT2D eigenvalue weighted by molar-refractivity contribution is 0.309. The maximum Gasteiger partial charge on any atom is 0.0502 e. The third kappa shape index (κ3) is 2.60. The second-order valence-corrected chi connectivity index (χ2v) is 5.87. The molecule has 1 rings (SSSR count). The van der Waals surface area contributed by atoms with E-state index in [0.717, 1.165) is 0 Å². The molecule has 1 atom stereocenters. The summed E-state index contributed by atoms with van der Waals surface area (Å²) >= 11 is 0. The van der Waals surface area contributed by atoms with Crippen LogP contribution in [0.3, 0.4) is 0 Å². The predicted molar refractivity (Wildman–Crippen MR) is 80.3 cm³/mol. The molecule has 1 aromatic carbocycles. The van der Waals surface area contributed by atoms with Crippen LogP contribution < -0.4 is 10.6 Å². The van der Waals surface area contributed by atoms with Crippen LogP contribution in [0.5, 0.6) is 0 Å². The second-order valence-electron chi connectivity index (χ2n) is 5.87. The SMILES string of the molecule is CNC(c1c(C)c(C)cc(C)c1C)C(C)(C)NC. The highest BCUT2D eigenvalue weighted by molar-refractivity contribution is 5.46. The van der Waals surface area contributed by atoms with Gasteiger partial charge < -0.3 is 10.6 Å². The maximum atomic E-state index is 3.48. The highest BCUT2D eigenvalue weighted by atomic mass is 15.0. The van der Waals surface area contributed by atoms with Crippen LogP contribution in [0.25, 0.3) is 0 Å². The van der Waals surface area contributed by atoms with Gasteiger partial charge in [0, 0.05) is 5.54 Å². The van der Waals surface area contributed by atoms with Crippen molar-refractivity contribution in [3.63, 3.8) is 0 Å². The van der Waals surface area contributed by atoms with Crippen LogP contribution >= 0.6 is 0 Å². The normalized spacial score (nSPS) is 13.8. The summed E-state index contributed by atoms with van der Waals surface area (Å²) in [7, 11) is 4.07. The van der Waals surface area contributed by atoms with Gasteiger partial charge in [-0.3, -0.25) is 0 Å². The van der Waals surface area contributed by atoms with E-state index in [2.05, 4.69) is 58.2 Å². The van der Waals surface area contributed by atoms with Crippen molar-refractivity contribution in [3.8, 4) is 0 Å². The minimum atomic E-state index is 0.0184. The van der Waals surface area contributed by atoms with Crippen LogP contribution in [0, 0.1) is 27.7 Å². The molecule has 2 heteroatoms. The quantitative estimate of drug-likeness (QED) is 0.855. The first kappa shape index (κ1) is 15.2. The minimum absolute atomic E-state index is 0.0184. The van der Waals surface area contributed by atoms with E-state index in [0.29, 0.717) is 6.04 Å². The fourth-order valence-electron chi connectivity index (χ4n) is 2.69. The molecule has 0 saturated heterocycles. The zero-order valence-corrected chi connectivity index (χ0v) is 13.2. The van der Waals surface area contributed by atoms with E-state index in [-0.39, 0.29) is 5.54 Å². The van der Waals surface area contributed by atoms with Crippen molar-refractivity contribution in [1.29, 1.82) is 0 Å². The molecular weight excluding hydrogens is 220 g/mol. The Kier molecular flexibility index (Phi) is 4.57. The summed E-state index contributed by atoms with van der Waals surface area (Å²) in [5, 5.41) is 6.90. The molecule has 2 nitrogen and oxygen atoms in total. The molecule has 18 heavy (non-hydrogen) atoms. The lowest BCUT2D eigenvalue weighted by Gasteiger charge is -2.37. The molecule has 2 N–H and O–H groups in total. The Morgan fingerprint density at radius 2 is 1.39 bits per heavy atom. The zero-order valence-electron chi connectivity index (χ0n) is 13.2. The van der Waals surface area contributed by atoms with Crippen molar-refractivity contribution in [2.75, 3.05) is 14.1 Å². The molecule has 0 fully saturated rings. The molecule has 0 bridgehead atoms. The molecule has 0 radical (unpaired) electrons. The first-order valence-electron chi connectivity index (χ1n) is 6.69. The molecule has 0 saturated carbocycles. The second kappa shape index (κ2) is 5.41. The number of hydrogen-bond acceptors (Lipinski definition) is 2. The minimum Gasteiger partial charge on any atom is -0.313 e. The van der Waals surface area contributed by atoms with Gasteiger partial charge in [-0.1, -0.05) is 6.07 Å². The summed E-state index contributed by atoms with van der Waals surface area (Å²) in [5.74, 6) is 0. The van der Waals surface area contributed by atoms with Crippen LogP contribution in [0.4, 0.5) is 0 Å². The van der Waals surface area contributed by atoms with Gasteiger partial charge >= 0.3 is 0 Å². The van der Waals surface area contributed by atoms with Gasteiger partial charge in [0.2, 0.25) is 0 Å². The van der Waals surface area contributed by atoms with Crippen LogP contribution in [0.1, 0.15) is 47.7 Å². The largest absolute Gasteiger partial charge is 0.313 e. The first-order chi connectivity index (χ1) is 8.26. The molecule has 0 amide bonds. The van der Waals surface area contributed by atoms with Crippen molar-refractivity contribution < 1.29 is 0 Å². The summed E-state index contributed by atoms with van der Waals surface area (Å²) in [6, 6.07) is 2.59. The standard InChI is InChI=1S/C16H28N2/c1-10-9-11(2)13(4)14(12(10)3)15(17-7)16(5,6)18-8/h9,15,17-18H,1-8H3.